The molecule has 2 heterocycles. The number of fused-ring (bicyclic) bond motifs is 1. The molecule has 4 nitrogen and oxygen atoms in total. The maximum atomic E-state index is 13.2. The van der Waals surface area contributed by atoms with E-state index in [0.717, 1.165) is 46.4 Å². The normalized spacial score (nSPS) is 14.9. The van der Waals surface area contributed by atoms with Crippen LogP contribution in [0.4, 0.5) is 5.69 Å². The molecule has 4 aromatic rings. The molecule has 176 valence electrons. The Morgan fingerprint density at radius 3 is 2.57 bits per heavy atom. The minimum Gasteiger partial charge on any atom is -0.493 e. The standard InChI is InChI=1S/C29H26N2O2S2/c1-20-13-14-26(21(2)17-20)33-16-8-15-30-19-22(24-11-6-7-12-25(24)30)18-27-28(32)31(29(34)35-27)23-9-4-3-5-10-23/h3-7,9-14,17-19H,8,15-16H2,1-2H3/b27-18-. The number of carbonyl (C=O) groups excluding carboxylic acids is 1. The molecule has 5 rings (SSSR count). The zero-order valence-electron chi connectivity index (χ0n) is 19.7. The number of para-hydroxylation sites is 2. The highest BCUT2D eigenvalue weighted by molar-refractivity contribution is 8.27. The summed E-state index contributed by atoms with van der Waals surface area (Å²) in [5.41, 5.74) is 5.35. The van der Waals surface area contributed by atoms with Gasteiger partial charge in [-0.15, -0.1) is 0 Å². The Balaban J connectivity index is 1.34. The molecule has 3 aromatic carbocycles. The first-order valence-electron chi connectivity index (χ1n) is 11.6. The highest BCUT2D eigenvalue weighted by Gasteiger charge is 2.33. The second-order valence-corrected chi connectivity index (χ2v) is 10.3. The molecule has 1 aromatic heterocycles. The van der Waals surface area contributed by atoms with Crippen LogP contribution in [-0.4, -0.2) is 21.4 Å². The van der Waals surface area contributed by atoms with E-state index in [1.807, 2.05) is 54.6 Å². The van der Waals surface area contributed by atoms with E-state index in [0.29, 0.717) is 15.8 Å². The third kappa shape index (κ3) is 4.90. The van der Waals surface area contributed by atoms with Gasteiger partial charge in [-0.05, 0) is 56.2 Å². The fourth-order valence-corrected chi connectivity index (χ4v) is 5.65. The van der Waals surface area contributed by atoms with Crippen molar-refractivity contribution in [2.75, 3.05) is 11.5 Å². The highest BCUT2D eigenvalue weighted by atomic mass is 32.2. The van der Waals surface area contributed by atoms with Crippen LogP contribution in [0.1, 0.15) is 23.1 Å². The van der Waals surface area contributed by atoms with Gasteiger partial charge in [0.2, 0.25) is 0 Å². The summed E-state index contributed by atoms with van der Waals surface area (Å²) in [7, 11) is 0. The number of thiocarbonyl (C=S) groups is 1. The molecule has 6 heteroatoms. The van der Waals surface area contributed by atoms with Gasteiger partial charge < -0.3 is 9.30 Å². The molecule has 1 fully saturated rings. The summed E-state index contributed by atoms with van der Waals surface area (Å²) in [5, 5.41) is 1.12. The van der Waals surface area contributed by atoms with E-state index >= 15 is 0 Å². The van der Waals surface area contributed by atoms with Crippen molar-refractivity contribution in [1.82, 2.24) is 4.57 Å². The average Bonchev–Trinajstić information content (AvgIpc) is 3.34. The molecule has 35 heavy (non-hydrogen) atoms. The monoisotopic (exact) mass is 498 g/mol. The maximum absolute atomic E-state index is 13.2. The zero-order chi connectivity index (χ0) is 24.4. The van der Waals surface area contributed by atoms with Gasteiger partial charge in [0.25, 0.3) is 5.91 Å². The number of amides is 1. The van der Waals surface area contributed by atoms with Crippen LogP contribution in [0.3, 0.4) is 0 Å². The number of thioether (sulfide) groups is 1. The molecule has 0 saturated carbocycles. The van der Waals surface area contributed by atoms with E-state index < -0.39 is 0 Å². The van der Waals surface area contributed by atoms with Crippen molar-refractivity contribution in [3.8, 4) is 5.75 Å². The minimum atomic E-state index is -0.0788. The van der Waals surface area contributed by atoms with Crippen LogP contribution in [-0.2, 0) is 11.3 Å². The Bertz CT molecular complexity index is 1440. The van der Waals surface area contributed by atoms with Crippen LogP contribution in [0.5, 0.6) is 5.75 Å². The zero-order valence-corrected chi connectivity index (χ0v) is 21.4. The maximum Gasteiger partial charge on any atom is 0.270 e. The number of aromatic nitrogens is 1. The summed E-state index contributed by atoms with van der Waals surface area (Å²) in [4.78, 5) is 15.4. The van der Waals surface area contributed by atoms with Gasteiger partial charge in [0.05, 0.1) is 17.2 Å². The SMILES string of the molecule is Cc1ccc(OCCCn2cc(/C=C3\SC(=S)N(c4ccccc4)C3=O)c3ccccc32)c(C)c1. The fourth-order valence-electron chi connectivity index (χ4n) is 4.36. The third-order valence-electron chi connectivity index (χ3n) is 6.05. The quantitative estimate of drug-likeness (QED) is 0.154. The lowest BCUT2D eigenvalue weighted by Gasteiger charge is -2.13. The second kappa shape index (κ2) is 10.1. The van der Waals surface area contributed by atoms with Gasteiger partial charge in [0.15, 0.2) is 4.32 Å². The lowest BCUT2D eigenvalue weighted by molar-refractivity contribution is -0.113. The van der Waals surface area contributed by atoms with Crippen LogP contribution in [0, 0.1) is 13.8 Å². The van der Waals surface area contributed by atoms with Crippen LogP contribution in [0.2, 0.25) is 0 Å². The van der Waals surface area contributed by atoms with E-state index in [1.54, 1.807) is 4.90 Å². The fraction of sp³-hybridized carbons (Fsp3) is 0.172. The molecular weight excluding hydrogens is 472 g/mol. The number of nitrogens with zero attached hydrogens (tertiary/aromatic N) is 2. The van der Waals surface area contributed by atoms with E-state index in [4.69, 9.17) is 17.0 Å². The first-order chi connectivity index (χ1) is 17.0. The van der Waals surface area contributed by atoms with E-state index in [2.05, 4.69) is 48.9 Å². The molecule has 1 aliphatic rings. The van der Waals surface area contributed by atoms with Crippen molar-refractivity contribution < 1.29 is 9.53 Å². The molecule has 0 radical (unpaired) electrons. The summed E-state index contributed by atoms with van der Waals surface area (Å²) >= 11 is 6.88. The summed E-state index contributed by atoms with van der Waals surface area (Å²) in [6.07, 6.45) is 4.96. The van der Waals surface area contributed by atoms with Crippen molar-refractivity contribution in [3.63, 3.8) is 0 Å². The first-order valence-corrected chi connectivity index (χ1v) is 12.8. The molecule has 1 saturated heterocycles. The summed E-state index contributed by atoms with van der Waals surface area (Å²) < 4.78 is 8.82. The van der Waals surface area contributed by atoms with E-state index in [9.17, 15) is 4.79 Å². The number of aryl methyl sites for hydroxylation is 3. The van der Waals surface area contributed by atoms with Crippen LogP contribution in [0.15, 0.2) is 83.9 Å². The van der Waals surface area contributed by atoms with Crippen molar-refractivity contribution in [2.24, 2.45) is 0 Å². The largest absolute Gasteiger partial charge is 0.493 e. The predicted octanol–water partition coefficient (Wildman–Crippen LogP) is 7.13. The van der Waals surface area contributed by atoms with Gasteiger partial charge >= 0.3 is 0 Å². The number of hydrogen-bond donors (Lipinski definition) is 0. The van der Waals surface area contributed by atoms with Crippen molar-refractivity contribution in [3.05, 3.63) is 101 Å². The van der Waals surface area contributed by atoms with E-state index in [-0.39, 0.29) is 5.91 Å². The Labute approximate surface area is 215 Å². The molecule has 1 aliphatic heterocycles. The van der Waals surface area contributed by atoms with Gasteiger partial charge in [0, 0.05) is 29.2 Å². The molecular formula is C29H26N2O2S2. The topological polar surface area (TPSA) is 34.5 Å². The molecule has 0 N–H and O–H groups in total. The second-order valence-electron chi connectivity index (χ2n) is 8.62. The van der Waals surface area contributed by atoms with E-state index in [1.165, 1.54) is 17.3 Å². The first kappa shape index (κ1) is 23.4. The molecule has 0 spiro atoms. The minimum absolute atomic E-state index is 0.0788. The Morgan fingerprint density at radius 1 is 1.00 bits per heavy atom. The molecule has 1 amide bonds. The predicted molar refractivity (Wildman–Crippen MR) is 150 cm³/mol. The lowest BCUT2D eigenvalue weighted by Crippen LogP contribution is -2.27. The van der Waals surface area contributed by atoms with Crippen molar-refractivity contribution >= 4 is 56.9 Å². The Kier molecular flexibility index (Phi) is 6.75. The number of rotatable bonds is 7. The number of carbonyl (C=O) groups is 1. The molecule has 0 atom stereocenters. The molecule has 0 bridgehead atoms. The Morgan fingerprint density at radius 2 is 1.77 bits per heavy atom. The van der Waals surface area contributed by atoms with Crippen LogP contribution in [0.25, 0.3) is 17.0 Å². The summed E-state index contributed by atoms with van der Waals surface area (Å²) in [6.45, 7) is 5.63. The lowest BCUT2D eigenvalue weighted by atomic mass is 10.1. The summed E-state index contributed by atoms with van der Waals surface area (Å²) in [5.74, 6) is 0.860. The van der Waals surface area contributed by atoms with Gasteiger partial charge in [-0.1, -0.05) is 78.1 Å². The number of hydrogen-bond acceptors (Lipinski definition) is 4. The van der Waals surface area contributed by atoms with Gasteiger partial charge in [-0.25, -0.2) is 0 Å². The average molecular weight is 499 g/mol. The van der Waals surface area contributed by atoms with Crippen molar-refractivity contribution in [1.29, 1.82) is 0 Å². The molecule has 0 unspecified atom stereocenters. The van der Waals surface area contributed by atoms with Gasteiger partial charge in [0.1, 0.15) is 5.75 Å². The Hall–Kier alpha value is -3.35. The highest BCUT2D eigenvalue weighted by Crippen LogP contribution is 2.37. The third-order valence-corrected chi connectivity index (χ3v) is 7.35. The number of ether oxygens (including phenoxy) is 1. The molecule has 0 aliphatic carbocycles. The smallest absolute Gasteiger partial charge is 0.270 e. The van der Waals surface area contributed by atoms with Gasteiger partial charge in [-0.3, -0.25) is 9.69 Å². The van der Waals surface area contributed by atoms with Crippen LogP contribution >= 0.6 is 24.0 Å². The van der Waals surface area contributed by atoms with Crippen molar-refractivity contribution in [2.45, 2.75) is 26.8 Å². The summed E-state index contributed by atoms with van der Waals surface area (Å²) in [6, 6.07) is 24.1. The number of anilines is 1. The van der Waals surface area contributed by atoms with Crippen LogP contribution < -0.4 is 9.64 Å². The van der Waals surface area contributed by atoms with Gasteiger partial charge in [-0.2, -0.15) is 0 Å². The number of benzene rings is 3.